The summed E-state index contributed by atoms with van der Waals surface area (Å²) >= 11 is 1.58. The van der Waals surface area contributed by atoms with E-state index in [-0.39, 0.29) is 5.91 Å². The van der Waals surface area contributed by atoms with Gasteiger partial charge in [0.25, 0.3) is 0 Å². The predicted octanol–water partition coefficient (Wildman–Crippen LogP) is 2.77. The zero-order chi connectivity index (χ0) is 16.2. The fourth-order valence-corrected chi connectivity index (χ4v) is 2.62. The van der Waals surface area contributed by atoms with E-state index in [4.69, 9.17) is 4.42 Å². The Balaban J connectivity index is 1.55. The molecule has 0 aromatic carbocycles. The smallest absolute Gasteiger partial charge is 0.244 e. The van der Waals surface area contributed by atoms with Crippen molar-refractivity contribution in [3.05, 3.63) is 52.3 Å². The lowest BCUT2D eigenvalue weighted by atomic mass is 10.3. The van der Waals surface area contributed by atoms with Gasteiger partial charge >= 0.3 is 0 Å². The van der Waals surface area contributed by atoms with Crippen LogP contribution >= 0.6 is 11.3 Å². The molecule has 23 heavy (non-hydrogen) atoms. The van der Waals surface area contributed by atoms with E-state index in [1.807, 2.05) is 37.7 Å². The maximum atomic E-state index is 11.8. The van der Waals surface area contributed by atoms with Crippen molar-refractivity contribution in [2.24, 2.45) is 7.05 Å². The van der Waals surface area contributed by atoms with E-state index in [2.05, 4.69) is 15.4 Å². The van der Waals surface area contributed by atoms with Gasteiger partial charge in [-0.25, -0.2) is 4.98 Å². The van der Waals surface area contributed by atoms with Gasteiger partial charge in [0, 0.05) is 30.3 Å². The number of hydrogen-bond acceptors (Lipinski definition) is 5. The van der Waals surface area contributed by atoms with E-state index in [9.17, 15) is 4.79 Å². The average molecular weight is 328 g/mol. The number of nitrogens with zero attached hydrogens (tertiary/aromatic N) is 3. The SMILES string of the molecule is Cc1nc(-c2ccc(CNC(=O)/C=C\c3cnn(C)c3)o2)cs1. The Hall–Kier alpha value is -2.67. The molecule has 3 aromatic rings. The van der Waals surface area contributed by atoms with Gasteiger partial charge in [0.15, 0.2) is 5.76 Å². The van der Waals surface area contributed by atoms with Crippen LogP contribution in [0, 0.1) is 6.92 Å². The summed E-state index contributed by atoms with van der Waals surface area (Å²) in [6.45, 7) is 2.28. The molecule has 0 saturated heterocycles. The molecule has 0 aliphatic carbocycles. The monoisotopic (exact) mass is 328 g/mol. The summed E-state index contributed by atoms with van der Waals surface area (Å²) in [6, 6.07) is 3.70. The third-order valence-electron chi connectivity index (χ3n) is 3.12. The third-order valence-corrected chi connectivity index (χ3v) is 3.90. The zero-order valence-electron chi connectivity index (χ0n) is 12.8. The van der Waals surface area contributed by atoms with Crippen LogP contribution in [0.15, 0.2) is 40.4 Å². The number of hydrogen-bond donors (Lipinski definition) is 1. The summed E-state index contributed by atoms with van der Waals surface area (Å²) in [7, 11) is 1.83. The quantitative estimate of drug-likeness (QED) is 0.731. The first-order valence-electron chi connectivity index (χ1n) is 7.06. The Labute approximate surface area is 137 Å². The Morgan fingerprint density at radius 1 is 1.48 bits per heavy atom. The summed E-state index contributed by atoms with van der Waals surface area (Å²) in [4.78, 5) is 16.2. The molecule has 0 spiro atoms. The lowest BCUT2D eigenvalue weighted by molar-refractivity contribution is -0.116. The van der Waals surface area contributed by atoms with Gasteiger partial charge in [-0.3, -0.25) is 9.48 Å². The standard InChI is InChI=1S/C16H16N4O2S/c1-11-19-14(10-23-11)15-5-4-13(22-15)8-17-16(21)6-3-12-7-18-20(2)9-12/h3-7,9-10H,8H2,1-2H3,(H,17,21)/b6-3-. The maximum absolute atomic E-state index is 11.8. The first kappa shape index (κ1) is 15.2. The van der Waals surface area contributed by atoms with Gasteiger partial charge < -0.3 is 9.73 Å². The topological polar surface area (TPSA) is 73.0 Å². The lowest BCUT2D eigenvalue weighted by Gasteiger charge is -1.98. The van der Waals surface area contributed by atoms with E-state index in [1.54, 1.807) is 28.3 Å². The van der Waals surface area contributed by atoms with Crippen LogP contribution in [0.3, 0.4) is 0 Å². The van der Waals surface area contributed by atoms with Crippen molar-refractivity contribution >= 4 is 23.3 Å². The first-order chi connectivity index (χ1) is 11.1. The van der Waals surface area contributed by atoms with Crippen molar-refractivity contribution < 1.29 is 9.21 Å². The van der Waals surface area contributed by atoms with E-state index in [1.165, 1.54) is 6.08 Å². The van der Waals surface area contributed by atoms with Crippen LogP contribution in [0.1, 0.15) is 16.3 Å². The molecule has 0 saturated carbocycles. The molecule has 0 unspecified atom stereocenters. The average Bonchev–Trinajstić information content (AvgIpc) is 3.24. The van der Waals surface area contributed by atoms with Crippen LogP contribution in [-0.2, 0) is 18.4 Å². The van der Waals surface area contributed by atoms with Crippen LogP contribution in [0.5, 0.6) is 0 Å². The number of rotatable bonds is 5. The third kappa shape index (κ3) is 3.95. The van der Waals surface area contributed by atoms with Gasteiger partial charge in [0.05, 0.1) is 17.7 Å². The van der Waals surface area contributed by atoms with Gasteiger partial charge in [-0.05, 0) is 25.1 Å². The summed E-state index contributed by atoms with van der Waals surface area (Å²) < 4.78 is 7.37. The molecule has 0 bridgehead atoms. The Morgan fingerprint density at radius 2 is 2.35 bits per heavy atom. The number of carbonyl (C=O) groups excluding carboxylic acids is 1. The van der Waals surface area contributed by atoms with Crippen LogP contribution in [0.4, 0.5) is 0 Å². The number of nitrogens with one attached hydrogen (secondary N) is 1. The minimum atomic E-state index is -0.184. The summed E-state index contributed by atoms with van der Waals surface area (Å²) in [5.41, 5.74) is 1.70. The molecule has 7 heteroatoms. The van der Waals surface area contributed by atoms with Crippen molar-refractivity contribution in [1.29, 1.82) is 0 Å². The van der Waals surface area contributed by atoms with Gasteiger partial charge in [-0.2, -0.15) is 5.10 Å². The number of carbonyl (C=O) groups is 1. The summed E-state index contributed by atoms with van der Waals surface area (Å²) in [5.74, 6) is 1.22. The van der Waals surface area contributed by atoms with Crippen molar-refractivity contribution in [2.75, 3.05) is 0 Å². The van der Waals surface area contributed by atoms with Crippen LogP contribution in [0.25, 0.3) is 17.5 Å². The number of thiazole rings is 1. The molecule has 3 rings (SSSR count). The summed E-state index contributed by atoms with van der Waals surface area (Å²) in [6.07, 6.45) is 6.72. The molecule has 0 radical (unpaired) electrons. The Kier molecular flexibility index (Phi) is 4.38. The highest BCUT2D eigenvalue weighted by Crippen LogP contribution is 2.23. The van der Waals surface area contributed by atoms with Gasteiger partial charge in [0.1, 0.15) is 11.5 Å². The van der Waals surface area contributed by atoms with Crippen molar-refractivity contribution in [3.63, 3.8) is 0 Å². The second-order valence-electron chi connectivity index (χ2n) is 5.02. The molecular formula is C16H16N4O2S. The minimum absolute atomic E-state index is 0.184. The molecule has 118 valence electrons. The highest BCUT2D eigenvalue weighted by Gasteiger charge is 2.08. The number of amides is 1. The van der Waals surface area contributed by atoms with E-state index in [0.717, 1.165) is 16.3 Å². The molecule has 3 aromatic heterocycles. The molecule has 6 nitrogen and oxygen atoms in total. The molecule has 0 fully saturated rings. The van der Waals surface area contributed by atoms with Crippen LogP contribution in [0.2, 0.25) is 0 Å². The Morgan fingerprint density at radius 3 is 3.04 bits per heavy atom. The predicted molar refractivity (Wildman–Crippen MR) is 88.6 cm³/mol. The van der Waals surface area contributed by atoms with E-state index >= 15 is 0 Å². The first-order valence-corrected chi connectivity index (χ1v) is 7.94. The highest BCUT2D eigenvalue weighted by molar-refractivity contribution is 7.09. The Bertz CT molecular complexity index is 844. The largest absolute Gasteiger partial charge is 0.458 e. The molecule has 0 atom stereocenters. The van der Waals surface area contributed by atoms with Gasteiger partial charge in [-0.1, -0.05) is 0 Å². The lowest BCUT2D eigenvalue weighted by Crippen LogP contribution is -2.19. The highest BCUT2D eigenvalue weighted by atomic mass is 32.1. The molecule has 1 amide bonds. The second kappa shape index (κ2) is 6.62. The van der Waals surface area contributed by atoms with Crippen LogP contribution in [-0.4, -0.2) is 20.7 Å². The molecule has 1 N–H and O–H groups in total. The van der Waals surface area contributed by atoms with Crippen LogP contribution < -0.4 is 5.32 Å². The van der Waals surface area contributed by atoms with Gasteiger partial charge in [-0.15, -0.1) is 11.3 Å². The number of aromatic nitrogens is 3. The fourth-order valence-electron chi connectivity index (χ4n) is 2.02. The molecule has 3 heterocycles. The van der Waals surface area contributed by atoms with Crippen molar-refractivity contribution in [1.82, 2.24) is 20.1 Å². The van der Waals surface area contributed by atoms with E-state index in [0.29, 0.717) is 18.1 Å². The molecule has 0 aliphatic heterocycles. The summed E-state index contributed by atoms with van der Waals surface area (Å²) in [5, 5.41) is 9.76. The normalized spacial score (nSPS) is 11.2. The second-order valence-corrected chi connectivity index (χ2v) is 6.08. The van der Waals surface area contributed by atoms with Gasteiger partial charge in [0.2, 0.25) is 5.91 Å². The zero-order valence-corrected chi connectivity index (χ0v) is 13.6. The molecule has 0 aliphatic rings. The maximum Gasteiger partial charge on any atom is 0.244 e. The fraction of sp³-hybridized carbons (Fsp3) is 0.188. The van der Waals surface area contributed by atoms with E-state index < -0.39 is 0 Å². The number of aryl methyl sites for hydroxylation is 2. The molecular weight excluding hydrogens is 312 g/mol. The minimum Gasteiger partial charge on any atom is -0.458 e. The number of furan rings is 1. The van der Waals surface area contributed by atoms with Crippen molar-refractivity contribution in [2.45, 2.75) is 13.5 Å². The van der Waals surface area contributed by atoms with Crippen molar-refractivity contribution in [3.8, 4) is 11.5 Å².